The Bertz CT molecular complexity index is 609. The first-order valence-corrected chi connectivity index (χ1v) is 6.19. The minimum Gasteiger partial charge on any atom is -0.337 e. The quantitative estimate of drug-likeness (QED) is 0.869. The van der Waals surface area contributed by atoms with Gasteiger partial charge in [-0.1, -0.05) is 0 Å². The molecule has 0 fully saturated rings. The van der Waals surface area contributed by atoms with Gasteiger partial charge < -0.3 is 4.90 Å². The fourth-order valence-corrected chi connectivity index (χ4v) is 1.86. The molecule has 1 amide bonds. The topological polar surface area (TPSA) is 33.2 Å². The van der Waals surface area contributed by atoms with Gasteiger partial charge in [-0.2, -0.15) is 13.2 Å². The average Bonchev–Trinajstić information content (AvgIpc) is 2.46. The van der Waals surface area contributed by atoms with Crippen molar-refractivity contribution in [1.82, 2.24) is 9.88 Å². The Morgan fingerprint density at radius 1 is 1.10 bits per heavy atom. The number of amides is 1. The molecule has 0 aliphatic rings. The molecule has 1 aromatic heterocycles. The third kappa shape index (κ3) is 3.81. The SMILES string of the molecule is CN(Cc1ccncc1)C(=O)c1ccc(C(F)(F)F)cc1. The molecular weight excluding hydrogens is 281 g/mol. The van der Waals surface area contributed by atoms with E-state index in [1.54, 1.807) is 31.6 Å². The van der Waals surface area contributed by atoms with Crippen LogP contribution in [0.25, 0.3) is 0 Å². The zero-order valence-electron chi connectivity index (χ0n) is 11.3. The number of rotatable bonds is 3. The molecule has 2 aromatic rings. The highest BCUT2D eigenvalue weighted by Gasteiger charge is 2.30. The molecule has 2 rings (SSSR count). The van der Waals surface area contributed by atoms with E-state index in [1.165, 1.54) is 17.0 Å². The first-order chi connectivity index (χ1) is 9.88. The van der Waals surface area contributed by atoms with Crippen molar-refractivity contribution in [2.45, 2.75) is 12.7 Å². The normalized spacial score (nSPS) is 11.2. The van der Waals surface area contributed by atoms with Crippen molar-refractivity contribution in [3.8, 4) is 0 Å². The molecule has 0 radical (unpaired) electrons. The van der Waals surface area contributed by atoms with E-state index < -0.39 is 11.7 Å². The second-order valence-corrected chi connectivity index (χ2v) is 4.59. The Morgan fingerprint density at radius 2 is 1.67 bits per heavy atom. The number of benzene rings is 1. The number of carbonyl (C=O) groups excluding carboxylic acids is 1. The Balaban J connectivity index is 2.09. The van der Waals surface area contributed by atoms with Gasteiger partial charge in [0.05, 0.1) is 5.56 Å². The van der Waals surface area contributed by atoms with Crippen LogP contribution in [-0.4, -0.2) is 22.8 Å². The number of nitrogens with zero attached hydrogens (tertiary/aromatic N) is 2. The summed E-state index contributed by atoms with van der Waals surface area (Å²) in [6.45, 7) is 0.363. The minimum atomic E-state index is -4.40. The van der Waals surface area contributed by atoms with E-state index in [2.05, 4.69) is 4.98 Å². The van der Waals surface area contributed by atoms with Crippen molar-refractivity contribution in [1.29, 1.82) is 0 Å². The molecule has 1 heterocycles. The van der Waals surface area contributed by atoms with Gasteiger partial charge >= 0.3 is 6.18 Å². The number of halogens is 3. The summed E-state index contributed by atoms with van der Waals surface area (Å²) in [5.74, 6) is -0.333. The lowest BCUT2D eigenvalue weighted by molar-refractivity contribution is -0.137. The van der Waals surface area contributed by atoms with Crippen LogP contribution in [0, 0.1) is 0 Å². The van der Waals surface area contributed by atoms with Crippen LogP contribution in [0.1, 0.15) is 21.5 Å². The van der Waals surface area contributed by atoms with Crippen LogP contribution in [0.4, 0.5) is 13.2 Å². The molecule has 0 spiro atoms. The van der Waals surface area contributed by atoms with Crippen LogP contribution in [0.3, 0.4) is 0 Å². The lowest BCUT2D eigenvalue weighted by atomic mass is 10.1. The van der Waals surface area contributed by atoms with Gasteiger partial charge in [0.25, 0.3) is 5.91 Å². The highest BCUT2D eigenvalue weighted by atomic mass is 19.4. The lowest BCUT2D eigenvalue weighted by Crippen LogP contribution is -2.26. The van der Waals surface area contributed by atoms with Crippen molar-refractivity contribution in [3.05, 3.63) is 65.5 Å². The van der Waals surface area contributed by atoms with Gasteiger partial charge in [-0.05, 0) is 42.0 Å². The molecule has 0 aliphatic heterocycles. The molecule has 110 valence electrons. The van der Waals surface area contributed by atoms with Crippen molar-refractivity contribution in [2.75, 3.05) is 7.05 Å². The molecule has 0 unspecified atom stereocenters. The molecule has 0 saturated heterocycles. The summed E-state index contributed by atoms with van der Waals surface area (Å²) in [6.07, 6.45) is -1.16. The molecule has 0 N–H and O–H groups in total. The summed E-state index contributed by atoms with van der Waals surface area (Å²) in [5.41, 5.74) is 0.350. The highest BCUT2D eigenvalue weighted by Crippen LogP contribution is 2.29. The van der Waals surface area contributed by atoms with Gasteiger partial charge in [0, 0.05) is 31.5 Å². The standard InChI is InChI=1S/C15H13F3N2O/c1-20(10-11-6-8-19-9-7-11)14(21)12-2-4-13(5-3-12)15(16,17)18/h2-9H,10H2,1H3. The third-order valence-electron chi connectivity index (χ3n) is 2.97. The van der Waals surface area contributed by atoms with Crippen molar-refractivity contribution in [3.63, 3.8) is 0 Å². The third-order valence-corrected chi connectivity index (χ3v) is 2.97. The average molecular weight is 294 g/mol. The largest absolute Gasteiger partial charge is 0.416 e. The Hall–Kier alpha value is -2.37. The van der Waals surface area contributed by atoms with Crippen molar-refractivity contribution < 1.29 is 18.0 Å². The van der Waals surface area contributed by atoms with Gasteiger partial charge in [-0.3, -0.25) is 9.78 Å². The summed E-state index contributed by atoms with van der Waals surface area (Å²) in [6, 6.07) is 7.75. The molecular formula is C15H13F3N2O. The summed E-state index contributed by atoms with van der Waals surface area (Å²) < 4.78 is 37.4. The molecule has 3 nitrogen and oxygen atoms in total. The summed E-state index contributed by atoms with van der Waals surface area (Å²) in [4.78, 5) is 17.5. The molecule has 0 saturated carbocycles. The Labute approximate surface area is 120 Å². The van der Waals surface area contributed by atoms with Gasteiger partial charge in [0.15, 0.2) is 0 Å². The van der Waals surface area contributed by atoms with Crippen LogP contribution in [-0.2, 0) is 12.7 Å². The van der Waals surface area contributed by atoms with E-state index >= 15 is 0 Å². The fourth-order valence-electron chi connectivity index (χ4n) is 1.86. The van der Waals surface area contributed by atoms with Gasteiger partial charge in [0.2, 0.25) is 0 Å². The fraction of sp³-hybridized carbons (Fsp3) is 0.200. The monoisotopic (exact) mass is 294 g/mol. The number of carbonyl (C=O) groups is 1. The summed E-state index contributed by atoms with van der Waals surface area (Å²) in [7, 11) is 1.60. The molecule has 0 aliphatic carbocycles. The number of aromatic nitrogens is 1. The van der Waals surface area contributed by atoms with Crippen LogP contribution in [0.15, 0.2) is 48.8 Å². The van der Waals surface area contributed by atoms with E-state index in [4.69, 9.17) is 0 Å². The molecule has 21 heavy (non-hydrogen) atoms. The van der Waals surface area contributed by atoms with Gasteiger partial charge in [-0.15, -0.1) is 0 Å². The summed E-state index contributed by atoms with van der Waals surface area (Å²) >= 11 is 0. The van der Waals surface area contributed by atoms with E-state index in [-0.39, 0.29) is 11.5 Å². The number of alkyl halides is 3. The van der Waals surface area contributed by atoms with Gasteiger partial charge in [-0.25, -0.2) is 0 Å². The predicted molar refractivity (Wildman–Crippen MR) is 71.5 cm³/mol. The van der Waals surface area contributed by atoms with E-state index in [9.17, 15) is 18.0 Å². The first kappa shape index (κ1) is 15.0. The predicted octanol–water partition coefficient (Wildman–Crippen LogP) is 3.37. The van der Waals surface area contributed by atoms with Crippen LogP contribution in [0.2, 0.25) is 0 Å². The lowest BCUT2D eigenvalue weighted by Gasteiger charge is -2.17. The minimum absolute atomic E-state index is 0.222. The van der Waals surface area contributed by atoms with Crippen molar-refractivity contribution in [2.24, 2.45) is 0 Å². The van der Waals surface area contributed by atoms with Crippen LogP contribution < -0.4 is 0 Å². The maximum Gasteiger partial charge on any atom is 0.416 e. The number of pyridine rings is 1. The van der Waals surface area contributed by atoms with Gasteiger partial charge in [0.1, 0.15) is 0 Å². The van der Waals surface area contributed by atoms with E-state index in [0.29, 0.717) is 6.54 Å². The Kier molecular flexibility index (Phi) is 4.26. The maximum absolute atomic E-state index is 12.5. The molecule has 0 atom stereocenters. The number of hydrogen-bond acceptors (Lipinski definition) is 2. The smallest absolute Gasteiger partial charge is 0.337 e. The maximum atomic E-state index is 12.5. The molecule has 0 bridgehead atoms. The second kappa shape index (κ2) is 5.95. The summed E-state index contributed by atoms with van der Waals surface area (Å²) in [5, 5.41) is 0. The van der Waals surface area contributed by atoms with E-state index in [1.807, 2.05) is 0 Å². The molecule has 6 heteroatoms. The number of hydrogen-bond donors (Lipinski definition) is 0. The zero-order chi connectivity index (χ0) is 15.5. The first-order valence-electron chi connectivity index (χ1n) is 6.19. The highest BCUT2D eigenvalue weighted by molar-refractivity contribution is 5.94. The van der Waals surface area contributed by atoms with Crippen LogP contribution in [0.5, 0.6) is 0 Å². The van der Waals surface area contributed by atoms with Crippen molar-refractivity contribution >= 4 is 5.91 Å². The second-order valence-electron chi connectivity index (χ2n) is 4.59. The molecule has 1 aromatic carbocycles. The van der Waals surface area contributed by atoms with E-state index in [0.717, 1.165) is 17.7 Å². The Morgan fingerprint density at radius 3 is 2.19 bits per heavy atom. The van der Waals surface area contributed by atoms with Crippen LogP contribution >= 0.6 is 0 Å². The zero-order valence-corrected chi connectivity index (χ0v) is 11.3.